The molecule has 0 spiro atoms. The van der Waals surface area contributed by atoms with Crippen LogP contribution >= 0.6 is 11.3 Å². The quantitative estimate of drug-likeness (QED) is 0.684. The van der Waals surface area contributed by atoms with Gasteiger partial charge >= 0.3 is 5.97 Å². The van der Waals surface area contributed by atoms with E-state index in [9.17, 15) is 4.79 Å². The topological polar surface area (TPSA) is 65.2 Å². The van der Waals surface area contributed by atoms with Gasteiger partial charge in [-0.05, 0) is 0 Å². The van der Waals surface area contributed by atoms with Gasteiger partial charge in [-0.3, -0.25) is 9.78 Å². The number of nitrogens with zero attached hydrogens (tertiary/aromatic N) is 1. The van der Waals surface area contributed by atoms with Crippen molar-refractivity contribution in [1.82, 2.24) is 4.98 Å². The van der Waals surface area contributed by atoms with Crippen molar-refractivity contribution in [3.63, 3.8) is 0 Å². The molecule has 0 bridgehead atoms. The fraction of sp³-hybridized carbons (Fsp3) is 0.429. The SMILES string of the molecule is COC(=O)[C@@H](N)Cc1cncs1. The van der Waals surface area contributed by atoms with E-state index in [1.807, 2.05) is 0 Å². The summed E-state index contributed by atoms with van der Waals surface area (Å²) in [5.74, 6) is -0.386. The van der Waals surface area contributed by atoms with E-state index in [4.69, 9.17) is 5.73 Å². The summed E-state index contributed by atoms with van der Waals surface area (Å²) in [7, 11) is 1.33. The number of esters is 1. The van der Waals surface area contributed by atoms with Crippen LogP contribution in [0, 0.1) is 0 Å². The molecule has 0 unspecified atom stereocenters. The van der Waals surface area contributed by atoms with Crippen LogP contribution < -0.4 is 5.73 Å². The number of rotatable bonds is 3. The van der Waals surface area contributed by atoms with Gasteiger partial charge in [0.25, 0.3) is 0 Å². The summed E-state index contributed by atoms with van der Waals surface area (Å²) in [6.07, 6.45) is 2.20. The number of carbonyl (C=O) groups is 1. The van der Waals surface area contributed by atoms with Crippen LogP contribution in [-0.2, 0) is 16.0 Å². The minimum Gasteiger partial charge on any atom is -0.468 e. The predicted molar refractivity (Wildman–Crippen MR) is 45.8 cm³/mol. The van der Waals surface area contributed by atoms with E-state index in [1.165, 1.54) is 18.4 Å². The second kappa shape index (κ2) is 4.18. The zero-order valence-electron chi connectivity index (χ0n) is 6.69. The molecule has 1 heterocycles. The molecule has 0 aliphatic rings. The molecule has 0 aromatic carbocycles. The highest BCUT2D eigenvalue weighted by molar-refractivity contribution is 7.09. The molecule has 2 N–H and O–H groups in total. The highest BCUT2D eigenvalue weighted by Gasteiger charge is 2.14. The van der Waals surface area contributed by atoms with Gasteiger partial charge < -0.3 is 10.5 Å². The molecule has 4 nitrogen and oxygen atoms in total. The number of aromatic nitrogens is 1. The molecule has 66 valence electrons. The Balaban J connectivity index is 2.47. The van der Waals surface area contributed by atoms with E-state index in [2.05, 4.69) is 9.72 Å². The van der Waals surface area contributed by atoms with Crippen LogP contribution in [0.1, 0.15) is 4.88 Å². The van der Waals surface area contributed by atoms with Crippen molar-refractivity contribution in [2.24, 2.45) is 5.73 Å². The number of carbonyl (C=O) groups excluding carboxylic acids is 1. The Labute approximate surface area is 74.4 Å². The Morgan fingerprint density at radius 3 is 3.17 bits per heavy atom. The molecule has 0 saturated carbocycles. The zero-order valence-corrected chi connectivity index (χ0v) is 7.50. The van der Waals surface area contributed by atoms with Crippen LogP contribution in [0.2, 0.25) is 0 Å². The summed E-state index contributed by atoms with van der Waals surface area (Å²) in [5, 5.41) is 0. The lowest BCUT2D eigenvalue weighted by molar-refractivity contribution is -0.142. The lowest BCUT2D eigenvalue weighted by atomic mass is 10.2. The standard InChI is InChI=1S/C7H10N2O2S/c1-11-7(10)6(8)2-5-3-9-4-12-5/h3-4,6H,2,8H2,1H3/t6-/m0/s1. The van der Waals surface area contributed by atoms with Gasteiger partial charge in [-0.15, -0.1) is 11.3 Å². The third kappa shape index (κ3) is 2.28. The first-order chi connectivity index (χ1) is 5.74. The summed E-state index contributed by atoms with van der Waals surface area (Å²) >= 11 is 1.48. The molecular formula is C7H10N2O2S. The highest BCUT2D eigenvalue weighted by atomic mass is 32.1. The Morgan fingerprint density at radius 1 is 1.92 bits per heavy atom. The van der Waals surface area contributed by atoms with Crippen molar-refractivity contribution in [3.05, 3.63) is 16.6 Å². The summed E-state index contributed by atoms with van der Waals surface area (Å²) in [5.41, 5.74) is 7.23. The van der Waals surface area contributed by atoms with E-state index in [0.29, 0.717) is 6.42 Å². The van der Waals surface area contributed by atoms with Gasteiger partial charge in [-0.25, -0.2) is 0 Å². The average molecular weight is 186 g/mol. The summed E-state index contributed by atoms with van der Waals surface area (Å²) in [4.78, 5) is 15.7. The van der Waals surface area contributed by atoms with E-state index in [-0.39, 0.29) is 5.97 Å². The van der Waals surface area contributed by atoms with Crippen molar-refractivity contribution >= 4 is 17.3 Å². The van der Waals surface area contributed by atoms with Crippen LogP contribution in [0.15, 0.2) is 11.7 Å². The molecule has 5 heteroatoms. The zero-order chi connectivity index (χ0) is 8.97. The van der Waals surface area contributed by atoms with E-state index in [1.54, 1.807) is 11.7 Å². The molecule has 1 atom stereocenters. The Bertz CT molecular complexity index is 248. The number of hydrogen-bond donors (Lipinski definition) is 1. The smallest absolute Gasteiger partial charge is 0.323 e. The number of thiazole rings is 1. The van der Waals surface area contributed by atoms with Gasteiger partial charge in [-0.2, -0.15) is 0 Å². The fourth-order valence-corrected chi connectivity index (χ4v) is 1.45. The Hall–Kier alpha value is -0.940. The summed E-state index contributed by atoms with van der Waals surface area (Å²) < 4.78 is 4.48. The number of nitrogens with two attached hydrogens (primary N) is 1. The minimum atomic E-state index is -0.574. The van der Waals surface area contributed by atoms with E-state index in [0.717, 1.165) is 4.88 Å². The minimum absolute atomic E-state index is 0.386. The van der Waals surface area contributed by atoms with Gasteiger partial charge in [0.15, 0.2) is 0 Å². The molecule has 0 aliphatic heterocycles. The lowest BCUT2D eigenvalue weighted by Gasteiger charge is -2.05. The summed E-state index contributed by atoms with van der Waals surface area (Å²) in [6.45, 7) is 0. The number of methoxy groups -OCH3 is 1. The number of ether oxygens (including phenoxy) is 1. The van der Waals surface area contributed by atoms with Crippen LogP contribution in [0.25, 0.3) is 0 Å². The van der Waals surface area contributed by atoms with Crippen LogP contribution in [0.5, 0.6) is 0 Å². The normalized spacial score (nSPS) is 12.5. The number of hydrogen-bond acceptors (Lipinski definition) is 5. The fourth-order valence-electron chi connectivity index (χ4n) is 0.794. The maximum atomic E-state index is 10.9. The summed E-state index contributed by atoms with van der Waals surface area (Å²) in [6, 6.07) is -0.574. The molecule has 1 rings (SSSR count). The van der Waals surface area contributed by atoms with Crippen LogP contribution in [0.4, 0.5) is 0 Å². The second-order valence-electron chi connectivity index (χ2n) is 2.30. The maximum Gasteiger partial charge on any atom is 0.323 e. The Morgan fingerprint density at radius 2 is 2.67 bits per heavy atom. The van der Waals surface area contributed by atoms with E-state index < -0.39 is 6.04 Å². The van der Waals surface area contributed by atoms with Crippen molar-refractivity contribution in [2.45, 2.75) is 12.5 Å². The van der Waals surface area contributed by atoms with Crippen molar-refractivity contribution in [2.75, 3.05) is 7.11 Å². The predicted octanol–water partition coefficient (Wildman–Crippen LogP) is 0.186. The second-order valence-corrected chi connectivity index (χ2v) is 3.27. The van der Waals surface area contributed by atoms with Crippen molar-refractivity contribution < 1.29 is 9.53 Å². The van der Waals surface area contributed by atoms with Crippen molar-refractivity contribution in [1.29, 1.82) is 0 Å². The van der Waals surface area contributed by atoms with Gasteiger partial charge in [0.05, 0.1) is 12.6 Å². The van der Waals surface area contributed by atoms with E-state index >= 15 is 0 Å². The van der Waals surface area contributed by atoms with Crippen LogP contribution in [-0.4, -0.2) is 24.1 Å². The third-order valence-electron chi connectivity index (χ3n) is 1.41. The Kier molecular flexibility index (Phi) is 3.19. The molecular weight excluding hydrogens is 176 g/mol. The molecule has 1 aromatic heterocycles. The molecule has 1 aromatic rings. The van der Waals surface area contributed by atoms with Crippen molar-refractivity contribution in [3.8, 4) is 0 Å². The van der Waals surface area contributed by atoms with Crippen LogP contribution in [0.3, 0.4) is 0 Å². The first kappa shape index (κ1) is 9.15. The maximum absolute atomic E-state index is 10.9. The molecule has 0 aliphatic carbocycles. The largest absolute Gasteiger partial charge is 0.468 e. The third-order valence-corrected chi connectivity index (χ3v) is 2.21. The monoisotopic (exact) mass is 186 g/mol. The van der Waals surface area contributed by atoms with Gasteiger partial charge in [0, 0.05) is 17.5 Å². The molecule has 0 radical (unpaired) electrons. The molecule has 0 fully saturated rings. The molecule has 12 heavy (non-hydrogen) atoms. The van der Waals surface area contributed by atoms with Gasteiger partial charge in [0.1, 0.15) is 6.04 Å². The molecule has 0 saturated heterocycles. The van der Waals surface area contributed by atoms with Gasteiger partial charge in [0.2, 0.25) is 0 Å². The van der Waals surface area contributed by atoms with Gasteiger partial charge in [-0.1, -0.05) is 0 Å². The first-order valence-electron chi connectivity index (χ1n) is 3.45. The average Bonchev–Trinajstić information content (AvgIpc) is 2.55. The lowest BCUT2D eigenvalue weighted by Crippen LogP contribution is -2.33. The molecule has 0 amide bonds. The highest BCUT2D eigenvalue weighted by Crippen LogP contribution is 2.07. The first-order valence-corrected chi connectivity index (χ1v) is 4.32.